The average Bonchev–Trinajstić information content (AvgIpc) is 3.02. The van der Waals surface area contributed by atoms with Gasteiger partial charge < -0.3 is 15.4 Å². The topological polar surface area (TPSA) is 84.5 Å². The highest BCUT2D eigenvalue weighted by Gasteiger charge is 2.27. The van der Waals surface area contributed by atoms with Gasteiger partial charge in [0, 0.05) is 18.3 Å². The molecule has 1 aromatic heterocycles. The average molecular weight is 401 g/mol. The van der Waals surface area contributed by atoms with Crippen molar-refractivity contribution in [2.45, 2.75) is 46.1 Å². The van der Waals surface area contributed by atoms with Crippen LogP contribution < -0.4 is 10.6 Å². The standard InChI is InChI=1S/C21H24N2O4S/c1-13-7-3-4-8-15(13)11-22-18(25)12-27-21(26)19-16-9-5-6-10-17(16)28-20(19)23-14(2)24/h3-4,7-8H,5-6,9-12H2,1-2H3,(H,22,25)(H,23,24). The molecule has 1 aromatic carbocycles. The molecule has 148 valence electrons. The molecule has 6 nitrogen and oxygen atoms in total. The molecule has 1 aliphatic carbocycles. The van der Waals surface area contributed by atoms with Gasteiger partial charge in [0.25, 0.3) is 5.91 Å². The lowest BCUT2D eigenvalue weighted by atomic mass is 9.95. The summed E-state index contributed by atoms with van der Waals surface area (Å²) in [4.78, 5) is 37.4. The Labute approximate surface area is 168 Å². The van der Waals surface area contributed by atoms with Crippen molar-refractivity contribution in [1.82, 2.24) is 5.32 Å². The summed E-state index contributed by atoms with van der Waals surface area (Å²) in [5.41, 5.74) is 3.46. The van der Waals surface area contributed by atoms with Crippen LogP contribution in [-0.4, -0.2) is 24.4 Å². The first-order valence-electron chi connectivity index (χ1n) is 9.36. The van der Waals surface area contributed by atoms with Gasteiger partial charge >= 0.3 is 5.97 Å². The van der Waals surface area contributed by atoms with Gasteiger partial charge in [0.05, 0.1) is 5.56 Å². The number of amides is 2. The van der Waals surface area contributed by atoms with Gasteiger partial charge in [0.2, 0.25) is 5.91 Å². The molecule has 0 saturated heterocycles. The van der Waals surface area contributed by atoms with E-state index in [1.807, 2.05) is 31.2 Å². The van der Waals surface area contributed by atoms with E-state index in [0.29, 0.717) is 17.1 Å². The Bertz CT molecular complexity index is 904. The van der Waals surface area contributed by atoms with E-state index in [2.05, 4.69) is 10.6 Å². The number of hydrogen-bond donors (Lipinski definition) is 2. The maximum absolute atomic E-state index is 12.7. The van der Waals surface area contributed by atoms with Crippen LogP contribution in [0.1, 0.15) is 51.7 Å². The molecule has 28 heavy (non-hydrogen) atoms. The zero-order valence-corrected chi connectivity index (χ0v) is 16.9. The summed E-state index contributed by atoms with van der Waals surface area (Å²) in [5, 5.41) is 6.01. The Morgan fingerprint density at radius 1 is 1.14 bits per heavy atom. The van der Waals surface area contributed by atoms with Crippen molar-refractivity contribution in [1.29, 1.82) is 0 Å². The van der Waals surface area contributed by atoms with Gasteiger partial charge in [-0.15, -0.1) is 11.3 Å². The van der Waals surface area contributed by atoms with E-state index in [0.717, 1.165) is 47.3 Å². The number of thiophene rings is 1. The van der Waals surface area contributed by atoms with Crippen LogP contribution in [0.3, 0.4) is 0 Å². The van der Waals surface area contributed by atoms with E-state index in [-0.39, 0.29) is 18.4 Å². The van der Waals surface area contributed by atoms with Crippen molar-refractivity contribution in [2.75, 3.05) is 11.9 Å². The number of fused-ring (bicyclic) bond motifs is 1. The van der Waals surface area contributed by atoms with Crippen molar-refractivity contribution >= 4 is 34.1 Å². The van der Waals surface area contributed by atoms with Crippen molar-refractivity contribution in [3.63, 3.8) is 0 Å². The third-order valence-corrected chi connectivity index (χ3v) is 5.94. The number of carbonyl (C=O) groups excluding carboxylic acids is 3. The molecule has 7 heteroatoms. The number of ether oxygens (including phenoxy) is 1. The van der Waals surface area contributed by atoms with E-state index in [4.69, 9.17) is 4.74 Å². The SMILES string of the molecule is CC(=O)Nc1sc2c(c1C(=O)OCC(=O)NCc1ccccc1C)CCCC2. The Morgan fingerprint density at radius 3 is 2.64 bits per heavy atom. The second-order valence-corrected chi connectivity index (χ2v) is 7.98. The highest BCUT2D eigenvalue weighted by molar-refractivity contribution is 7.17. The summed E-state index contributed by atoms with van der Waals surface area (Å²) in [7, 11) is 0. The molecule has 1 aliphatic rings. The van der Waals surface area contributed by atoms with Crippen LogP contribution in [0.15, 0.2) is 24.3 Å². The predicted molar refractivity (Wildman–Crippen MR) is 109 cm³/mol. The summed E-state index contributed by atoms with van der Waals surface area (Å²) in [6.07, 6.45) is 3.76. The lowest BCUT2D eigenvalue weighted by Crippen LogP contribution is -2.29. The third-order valence-electron chi connectivity index (χ3n) is 4.74. The molecule has 0 atom stereocenters. The molecule has 0 spiro atoms. The first kappa shape index (κ1) is 20.1. The van der Waals surface area contributed by atoms with Crippen molar-refractivity contribution < 1.29 is 19.1 Å². The number of aryl methyl sites for hydroxylation is 2. The second-order valence-electron chi connectivity index (χ2n) is 6.88. The Balaban J connectivity index is 1.63. The fourth-order valence-corrected chi connectivity index (χ4v) is 4.61. The normalized spacial score (nSPS) is 12.8. The van der Waals surface area contributed by atoms with Gasteiger partial charge in [-0.3, -0.25) is 9.59 Å². The lowest BCUT2D eigenvalue weighted by molar-refractivity contribution is -0.124. The van der Waals surface area contributed by atoms with Crippen LogP contribution in [0.4, 0.5) is 5.00 Å². The summed E-state index contributed by atoms with van der Waals surface area (Å²) in [5.74, 6) is -1.15. The van der Waals surface area contributed by atoms with E-state index >= 15 is 0 Å². The number of hydrogen-bond acceptors (Lipinski definition) is 5. The Morgan fingerprint density at radius 2 is 1.89 bits per heavy atom. The zero-order chi connectivity index (χ0) is 20.1. The highest BCUT2D eigenvalue weighted by atomic mass is 32.1. The number of anilines is 1. The summed E-state index contributed by atoms with van der Waals surface area (Å²) in [6.45, 7) is 3.42. The number of nitrogens with one attached hydrogen (secondary N) is 2. The van der Waals surface area contributed by atoms with Crippen molar-refractivity contribution in [3.05, 3.63) is 51.4 Å². The van der Waals surface area contributed by atoms with Crippen molar-refractivity contribution in [2.24, 2.45) is 0 Å². The van der Waals surface area contributed by atoms with Crippen LogP contribution in [-0.2, 0) is 33.7 Å². The fourth-order valence-electron chi connectivity index (χ4n) is 3.29. The van der Waals surface area contributed by atoms with Crippen LogP contribution in [0.25, 0.3) is 0 Å². The molecule has 0 aliphatic heterocycles. The number of carbonyl (C=O) groups is 3. The van der Waals surface area contributed by atoms with Crippen LogP contribution in [0, 0.1) is 6.92 Å². The predicted octanol–water partition coefficient (Wildman–Crippen LogP) is 3.37. The first-order chi connectivity index (χ1) is 13.5. The molecule has 1 heterocycles. The first-order valence-corrected chi connectivity index (χ1v) is 10.2. The minimum Gasteiger partial charge on any atom is -0.452 e. The summed E-state index contributed by atoms with van der Waals surface area (Å²) >= 11 is 1.43. The zero-order valence-electron chi connectivity index (χ0n) is 16.1. The lowest BCUT2D eigenvalue weighted by Gasteiger charge is -2.13. The maximum Gasteiger partial charge on any atom is 0.341 e. The van der Waals surface area contributed by atoms with Crippen LogP contribution in [0.5, 0.6) is 0 Å². The minimum absolute atomic E-state index is 0.233. The molecule has 2 N–H and O–H groups in total. The Kier molecular flexibility index (Phi) is 6.46. The van der Waals surface area contributed by atoms with Crippen LogP contribution >= 0.6 is 11.3 Å². The summed E-state index contributed by atoms with van der Waals surface area (Å²) < 4.78 is 5.26. The van der Waals surface area contributed by atoms with E-state index in [1.54, 1.807) is 0 Å². The molecule has 0 fully saturated rings. The maximum atomic E-state index is 12.7. The molecule has 2 amide bonds. The fraction of sp³-hybridized carbons (Fsp3) is 0.381. The van der Waals surface area contributed by atoms with Gasteiger partial charge in [0.1, 0.15) is 5.00 Å². The van der Waals surface area contributed by atoms with Gasteiger partial charge in [-0.2, -0.15) is 0 Å². The molecule has 0 bridgehead atoms. The molecular weight excluding hydrogens is 376 g/mol. The molecule has 0 unspecified atom stereocenters. The van der Waals surface area contributed by atoms with Gasteiger partial charge in [-0.25, -0.2) is 4.79 Å². The second kappa shape index (κ2) is 9.01. The smallest absolute Gasteiger partial charge is 0.341 e. The quantitative estimate of drug-likeness (QED) is 0.728. The molecular formula is C21H24N2O4S. The van der Waals surface area contributed by atoms with Gasteiger partial charge in [0.15, 0.2) is 6.61 Å². The highest BCUT2D eigenvalue weighted by Crippen LogP contribution is 2.38. The van der Waals surface area contributed by atoms with Gasteiger partial charge in [-0.1, -0.05) is 24.3 Å². The number of rotatable bonds is 6. The van der Waals surface area contributed by atoms with E-state index < -0.39 is 5.97 Å². The molecule has 3 rings (SSSR count). The molecule has 0 saturated carbocycles. The van der Waals surface area contributed by atoms with Crippen molar-refractivity contribution in [3.8, 4) is 0 Å². The minimum atomic E-state index is -0.561. The molecule has 0 radical (unpaired) electrons. The molecule has 2 aromatic rings. The number of benzene rings is 1. The van der Waals surface area contributed by atoms with E-state index in [9.17, 15) is 14.4 Å². The third kappa shape index (κ3) is 4.78. The van der Waals surface area contributed by atoms with Gasteiger partial charge in [-0.05, 0) is 49.3 Å². The van der Waals surface area contributed by atoms with E-state index in [1.165, 1.54) is 18.3 Å². The Hall–Kier alpha value is -2.67. The summed E-state index contributed by atoms with van der Waals surface area (Å²) in [6, 6.07) is 7.78. The van der Waals surface area contributed by atoms with Crippen LogP contribution in [0.2, 0.25) is 0 Å². The largest absolute Gasteiger partial charge is 0.452 e. The number of esters is 1. The monoisotopic (exact) mass is 400 g/mol.